The molecule has 0 aliphatic carbocycles. The first kappa shape index (κ1) is 16.5. The van der Waals surface area contributed by atoms with E-state index in [1.54, 1.807) is 31.2 Å². The summed E-state index contributed by atoms with van der Waals surface area (Å²) in [6.45, 7) is 4.03. The molecule has 0 spiro atoms. The predicted octanol–water partition coefficient (Wildman–Crippen LogP) is 0.593. The Morgan fingerprint density at radius 3 is 2.82 bits per heavy atom. The number of nitrogens with one attached hydrogen (secondary N) is 3. The second-order valence-electron chi connectivity index (χ2n) is 5.55. The van der Waals surface area contributed by atoms with Crippen LogP contribution in [0.1, 0.15) is 23.7 Å². The number of anilines is 1. The summed E-state index contributed by atoms with van der Waals surface area (Å²) < 4.78 is 0. The highest BCUT2D eigenvalue weighted by Crippen LogP contribution is 2.16. The molecule has 0 unspecified atom stereocenters. The van der Waals surface area contributed by atoms with Crippen molar-refractivity contribution in [1.29, 1.82) is 0 Å². The molecule has 6 nitrogen and oxygen atoms in total. The first-order valence-corrected chi connectivity index (χ1v) is 7.63. The molecule has 2 rings (SSSR count). The van der Waals surface area contributed by atoms with Gasteiger partial charge in [-0.25, -0.2) is 0 Å². The molecule has 1 aromatic carbocycles. The van der Waals surface area contributed by atoms with Crippen LogP contribution >= 0.6 is 0 Å². The molecule has 0 radical (unpaired) electrons. The summed E-state index contributed by atoms with van der Waals surface area (Å²) in [6.07, 6.45) is 0.396. The number of aliphatic hydroxyl groups is 1. The summed E-state index contributed by atoms with van der Waals surface area (Å²) in [5.41, 5.74) is 1.13. The molecule has 1 aromatic rings. The monoisotopic (exact) mass is 305 g/mol. The van der Waals surface area contributed by atoms with Crippen molar-refractivity contribution in [3.63, 3.8) is 0 Å². The van der Waals surface area contributed by atoms with Crippen LogP contribution in [0.5, 0.6) is 0 Å². The zero-order valence-corrected chi connectivity index (χ0v) is 12.8. The Morgan fingerprint density at radius 2 is 2.09 bits per heavy atom. The van der Waals surface area contributed by atoms with Crippen LogP contribution in [0.25, 0.3) is 0 Å². The van der Waals surface area contributed by atoms with Crippen molar-refractivity contribution in [2.45, 2.75) is 13.3 Å². The molecule has 1 aliphatic heterocycles. The fourth-order valence-electron chi connectivity index (χ4n) is 2.55. The SMILES string of the molecule is CCC(=O)Nc1cccc(C(=O)NC[C@H]2CNC[C@@H]2CO)c1. The van der Waals surface area contributed by atoms with Crippen molar-refractivity contribution in [3.05, 3.63) is 29.8 Å². The van der Waals surface area contributed by atoms with Crippen LogP contribution in [0.3, 0.4) is 0 Å². The van der Waals surface area contributed by atoms with Crippen LogP contribution in [0.4, 0.5) is 5.69 Å². The zero-order chi connectivity index (χ0) is 15.9. The summed E-state index contributed by atoms with van der Waals surface area (Å²) >= 11 is 0. The fraction of sp³-hybridized carbons (Fsp3) is 0.500. The molecule has 0 bridgehead atoms. The van der Waals surface area contributed by atoms with Gasteiger partial charge in [0.2, 0.25) is 5.91 Å². The topological polar surface area (TPSA) is 90.5 Å². The number of carbonyl (C=O) groups is 2. The maximum Gasteiger partial charge on any atom is 0.251 e. The van der Waals surface area contributed by atoms with Gasteiger partial charge in [0.05, 0.1) is 0 Å². The van der Waals surface area contributed by atoms with E-state index in [9.17, 15) is 14.7 Å². The quantitative estimate of drug-likeness (QED) is 0.619. The van der Waals surface area contributed by atoms with Crippen LogP contribution in [0.15, 0.2) is 24.3 Å². The number of rotatable bonds is 6. The molecule has 1 aliphatic rings. The highest BCUT2D eigenvalue weighted by molar-refractivity contribution is 5.97. The Balaban J connectivity index is 1.92. The van der Waals surface area contributed by atoms with Crippen LogP contribution < -0.4 is 16.0 Å². The van der Waals surface area contributed by atoms with Crippen molar-refractivity contribution >= 4 is 17.5 Å². The van der Waals surface area contributed by atoms with Crippen LogP contribution in [-0.2, 0) is 4.79 Å². The van der Waals surface area contributed by atoms with Crippen molar-refractivity contribution < 1.29 is 14.7 Å². The van der Waals surface area contributed by atoms with Gasteiger partial charge in [-0.05, 0) is 24.1 Å². The molecule has 2 amide bonds. The van der Waals surface area contributed by atoms with Crippen molar-refractivity contribution in [2.24, 2.45) is 11.8 Å². The molecule has 120 valence electrons. The summed E-state index contributed by atoms with van der Waals surface area (Å²) in [5.74, 6) is 0.184. The number of carbonyl (C=O) groups excluding carboxylic acids is 2. The third kappa shape index (κ3) is 4.29. The molecule has 1 heterocycles. The first-order chi connectivity index (χ1) is 10.6. The van der Waals surface area contributed by atoms with Gasteiger partial charge in [0.25, 0.3) is 5.91 Å². The Labute approximate surface area is 130 Å². The fourth-order valence-corrected chi connectivity index (χ4v) is 2.55. The smallest absolute Gasteiger partial charge is 0.251 e. The van der Waals surface area contributed by atoms with Gasteiger partial charge in [-0.15, -0.1) is 0 Å². The molecule has 22 heavy (non-hydrogen) atoms. The highest BCUT2D eigenvalue weighted by atomic mass is 16.3. The van der Waals surface area contributed by atoms with Crippen LogP contribution in [0.2, 0.25) is 0 Å². The van der Waals surface area contributed by atoms with E-state index in [-0.39, 0.29) is 30.3 Å². The number of aliphatic hydroxyl groups excluding tert-OH is 1. The predicted molar refractivity (Wildman–Crippen MR) is 84.6 cm³/mol. The van der Waals surface area contributed by atoms with Crippen molar-refractivity contribution in [1.82, 2.24) is 10.6 Å². The summed E-state index contributed by atoms with van der Waals surface area (Å²) in [6, 6.07) is 6.88. The number of hydrogen-bond donors (Lipinski definition) is 4. The number of hydrogen-bond acceptors (Lipinski definition) is 4. The highest BCUT2D eigenvalue weighted by Gasteiger charge is 2.26. The minimum absolute atomic E-state index is 0.0830. The lowest BCUT2D eigenvalue weighted by molar-refractivity contribution is -0.115. The van der Waals surface area contributed by atoms with E-state index < -0.39 is 0 Å². The minimum Gasteiger partial charge on any atom is -0.396 e. The second-order valence-corrected chi connectivity index (χ2v) is 5.55. The Bertz CT molecular complexity index is 533. The summed E-state index contributed by atoms with van der Waals surface area (Å²) in [7, 11) is 0. The van der Waals surface area contributed by atoms with Gasteiger partial charge in [0.1, 0.15) is 0 Å². The van der Waals surface area contributed by atoms with Gasteiger partial charge in [-0.1, -0.05) is 13.0 Å². The standard InChI is InChI=1S/C16H23N3O3/c1-2-15(21)19-14-5-3-4-11(6-14)16(22)18-9-12-7-17-8-13(12)10-20/h3-6,12-13,17,20H,2,7-10H2,1H3,(H,18,22)(H,19,21)/t12-,13-/m1/s1. The molecule has 1 fully saturated rings. The molecule has 6 heteroatoms. The maximum absolute atomic E-state index is 12.2. The number of amides is 2. The number of benzene rings is 1. The average Bonchev–Trinajstić information content (AvgIpc) is 3.00. The van der Waals surface area contributed by atoms with E-state index in [0.29, 0.717) is 24.2 Å². The van der Waals surface area contributed by atoms with E-state index in [4.69, 9.17) is 0 Å². The minimum atomic E-state index is -0.170. The largest absolute Gasteiger partial charge is 0.396 e. The molecule has 0 aromatic heterocycles. The first-order valence-electron chi connectivity index (χ1n) is 7.63. The Kier molecular flexibility index (Phi) is 5.91. The Morgan fingerprint density at radius 1 is 1.32 bits per heavy atom. The summed E-state index contributed by atoms with van der Waals surface area (Å²) in [4.78, 5) is 23.6. The van der Waals surface area contributed by atoms with E-state index in [2.05, 4.69) is 16.0 Å². The van der Waals surface area contributed by atoms with E-state index in [0.717, 1.165) is 13.1 Å². The van der Waals surface area contributed by atoms with Gasteiger partial charge in [0, 0.05) is 49.8 Å². The lowest BCUT2D eigenvalue weighted by Crippen LogP contribution is -2.33. The van der Waals surface area contributed by atoms with Gasteiger partial charge in [-0.3, -0.25) is 9.59 Å². The lowest BCUT2D eigenvalue weighted by atomic mass is 9.97. The Hall–Kier alpha value is -1.92. The summed E-state index contributed by atoms with van der Waals surface area (Å²) in [5, 5.41) is 18.1. The third-order valence-corrected chi connectivity index (χ3v) is 3.97. The lowest BCUT2D eigenvalue weighted by Gasteiger charge is -2.16. The van der Waals surface area contributed by atoms with E-state index >= 15 is 0 Å². The van der Waals surface area contributed by atoms with Gasteiger partial charge < -0.3 is 21.1 Å². The van der Waals surface area contributed by atoms with Gasteiger partial charge in [-0.2, -0.15) is 0 Å². The molecule has 0 saturated carbocycles. The van der Waals surface area contributed by atoms with Crippen molar-refractivity contribution in [3.8, 4) is 0 Å². The van der Waals surface area contributed by atoms with Crippen LogP contribution in [0, 0.1) is 11.8 Å². The second kappa shape index (κ2) is 7.91. The zero-order valence-electron chi connectivity index (χ0n) is 12.8. The van der Waals surface area contributed by atoms with E-state index in [1.807, 2.05) is 0 Å². The molecule has 2 atom stereocenters. The normalized spacial score (nSPS) is 20.6. The molecular weight excluding hydrogens is 282 g/mol. The maximum atomic E-state index is 12.2. The van der Waals surface area contributed by atoms with Gasteiger partial charge >= 0.3 is 0 Å². The average molecular weight is 305 g/mol. The van der Waals surface area contributed by atoms with Crippen molar-refractivity contribution in [2.75, 3.05) is 31.6 Å². The molecule has 4 N–H and O–H groups in total. The third-order valence-electron chi connectivity index (χ3n) is 3.97. The molecular formula is C16H23N3O3. The van der Waals surface area contributed by atoms with E-state index in [1.165, 1.54) is 0 Å². The van der Waals surface area contributed by atoms with Gasteiger partial charge in [0.15, 0.2) is 0 Å². The molecule has 1 saturated heterocycles. The van der Waals surface area contributed by atoms with Crippen LogP contribution in [-0.4, -0.2) is 43.2 Å².